The molecule has 0 fully saturated rings. The number of methoxy groups -OCH3 is 2. The van der Waals surface area contributed by atoms with Gasteiger partial charge in [0.2, 0.25) is 0 Å². The van der Waals surface area contributed by atoms with Crippen LogP contribution in [0.2, 0.25) is 0 Å². The van der Waals surface area contributed by atoms with Crippen LogP contribution in [0.1, 0.15) is 33.2 Å². The molecule has 0 aliphatic rings. The maximum atomic E-state index is 15.0. The monoisotopic (exact) mass is 396 g/mol. The molecular weight excluding hydrogens is 375 g/mol. The summed E-state index contributed by atoms with van der Waals surface area (Å²) in [6.07, 6.45) is -1.32. The van der Waals surface area contributed by atoms with Crippen LogP contribution >= 0.6 is 0 Å². The molecule has 1 N–H and O–H groups in total. The van der Waals surface area contributed by atoms with Gasteiger partial charge in [0.25, 0.3) is 0 Å². The zero-order valence-electron chi connectivity index (χ0n) is 16.1. The molecule has 1 unspecified atom stereocenters. The van der Waals surface area contributed by atoms with Crippen molar-refractivity contribution in [2.24, 2.45) is 0 Å². The summed E-state index contributed by atoms with van der Waals surface area (Å²) in [5.74, 6) is -0.998. The normalized spacial score (nSPS) is 11.6. The second kappa shape index (κ2) is 9.21. The molecule has 0 aromatic heterocycles. The minimum absolute atomic E-state index is 0.00251. The Kier molecular flexibility index (Phi) is 6.46. The standard InChI is InChI=1S/C23H21FO5/c1-27-19-13-12-18(29-14-15-6-4-3-5-7-15)20(21(19)24)22(25)16-8-10-17(11-9-16)23(26)28-2/h3-13,22,25H,14H2,1-2H3. The van der Waals surface area contributed by atoms with Gasteiger partial charge in [0.05, 0.1) is 25.3 Å². The molecule has 3 aromatic carbocycles. The van der Waals surface area contributed by atoms with Crippen LogP contribution in [-0.4, -0.2) is 25.3 Å². The van der Waals surface area contributed by atoms with Crippen LogP contribution in [0, 0.1) is 5.82 Å². The average Bonchev–Trinajstić information content (AvgIpc) is 2.77. The molecule has 3 rings (SSSR count). The van der Waals surface area contributed by atoms with Crippen molar-refractivity contribution in [1.82, 2.24) is 0 Å². The highest BCUT2D eigenvalue weighted by atomic mass is 19.1. The summed E-state index contributed by atoms with van der Waals surface area (Å²) >= 11 is 0. The Morgan fingerprint density at radius 2 is 1.62 bits per heavy atom. The molecule has 0 saturated carbocycles. The van der Waals surface area contributed by atoms with E-state index in [1.165, 1.54) is 44.6 Å². The van der Waals surface area contributed by atoms with Crippen molar-refractivity contribution in [2.45, 2.75) is 12.7 Å². The van der Waals surface area contributed by atoms with Crippen LogP contribution in [0.25, 0.3) is 0 Å². The minimum Gasteiger partial charge on any atom is -0.494 e. The Bertz CT molecular complexity index is 971. The fraction of sp³-hybridized carbons (Fsp3) is 0.174. The van der Waals surface area contributed by atoms with Crippen molar-refractivity contribution >= 4 is 5.97 Å². The van der Waals surface area contributed by atoms with Gasteiger partial charge in [-0.25, -0.2) is 9.18 Å². The zero-order chi connectivity index (χ0) is 20.8. The van der Waals surface area contributed by atoms with Crippen molar-refractivity contribution in [1.29, 1.82) is 0 Å². The number of carbonyl (C=O) groups is 1. The first-order valence-electron chi connectivity index (χ1n) is 8.94. The Morgan fingerprint density at radius 3 is 2.24 bits per heavy atom. The lowest BCUT2D eigenvalue weighted by atomic mass is 9.98. The molecule has 0 amide bonds. The third-order valence-electron chi connectivity index (χ3n) is 4.48. The number of rotatable bonds is 7. The Morgan fingerprint density at radius 1 is 0.966 bits per heavy atom. The first kappa shape index (κ1) is 20.4. The van der Waals surface area contributed by atoms with E-state index in [-0.39, 0.29) is 23.7 Å². The number of hydrogen-bond donors (Lipinski definition) is 1. The first-order chi connectivity index (χ1) is 14.0. The Hall–Kier alpha value is -3.38. The molecule has 0 radical (unpaired) electrons. The van der Waals surface area contributed by atoms with Crippen molar-refractivity contribution in [3.8, 4) is 11.5 Å². The van der Waals surface area contributed by atoms with Gasteiger partial charge in [0.1, 0.15) is 18.5 Å². The predicted molar refractivity (Wildman–Crippen MR) is 106 cm³/mol. The third kappa shape index (κ3) is 4.55. The predicted octanol–water partition coefficient (Wildman–Crippen LogP) is 4.28. The second-order valence-electron chi connectivity index (χ2n) is 6.28. The maximum Gasteiger partial charge on any atom is 0.337 e. The van der Waals surface area contributed by atoms with Crippen LogP contribution in [0.15, 0.2) is 66.7 Å². The summed E-state index contributed by atoms with van der Waals surface area (Å²) in [6, 6.07) is 18.5. The average molecular weight is 396 g/mol. The Labute approximate surface area is 168 Å². The molecule has 0 bridgehead atoms. The molecule has 1 atom stereocenters. The molecular formula is C23H21FO5. The number of benzene rings is 3. The molecule has 0 saturated heterocycles. The van der Waals surface area contributed by atoms with Crippen molar-refractivity contribution < 1.29 is 28.5 Å². The SMILES string of the molecule is COC(=O)c1ccc(C(O)c2c(OCc3ccccc3)ccc(OC)c2F)cc1. The number of aliphatic hydroxyl groups is 1. The minimum atomic E-state index is -1.32. The van der Waals surface area contributed by atoms with Crippen molar-refractivity contribution in [3.63, 3.8) is 0 Å². The van der Waals surface area contributed by atoms with Gasteiger partial charge in [-0.15, -0.1) is 0 Å². The van der Waals surface area contributed by atoms with Crippen molar-refractivity contribution in [2.75, 3.05) is 14.2 Å². The van der Waals surface area contributed by atoms with E-state index in [0.717, 1.165) is 5.56 Å². The number of esters is 1. The summed E-state index contributed by atoms with van der Waals surface area (Å²) < 4.78 is 30.5. The Balaban J connectivity index is 1.93. The third-order valence-corrected chi connectivity index (χ3v) is 4.48. The number of aliphatic hydroxyl groups excluding tert-OH is 1. The van der Waals surface area contributed by atoms with Crippen LogP contribution in [0.5, 0.6) is 11.5 Å². The van der Waals surface area contributed by atoms with E-state index in [2.05, 4.69) is 4.74 Å². The van der Waals surface area contributed by atoms with Gasteiger partial charge in [0, 0.05) is 0 Å². The van der Waals surface area contributed by atoms with Gasteiger partial charge in [-0.3, -0.25) is 0 Å². The topological polar surface area (TPSA) is 65.0 Å². The fourth-order valence-electron chi connectivity index (χ4n) is 2.91. The zero-order valence-corrected chi connectivity index (χ0v) is 16.1. The van der Waals surface area contributed by atoms with Crippen LogP contribution in [0.4, 0.5) is 4.39 Å². The summed E-state index contributed by atoms with van der Waals surface area (Å²) in [5.41, 5.74) is 1.60. The summed E-state index contributed by atoms with van der Waals surface area (Å²) in [7, 11) is 2.64. The van der Waals surface area contributed by atoms with Gasteiger partial charge in [-0.2, -0.15) is 0 Å². The van der Waals surface area contributed by atoms with Gasteiger partial charge < -0.3 is 19.3 Å². The largest absolute Gasteiger partial charge is 0.494 e. The van der Waals surface area contributed by atoms with E-state index in [4.69, 9.17) is 9.47 Å². The lowest BCUT2D eigenvalue weighted by Crippen LogP contribution is -2.09. The molecule has 0 aliphatic carbocycles. The fourth-order valence-corrected chi connectivity index (χ4v) is 2.91. The number of halogens is 1. The van der Waals surface area contributed by atoms with E-state index in [1.54, 1.807) is 6.07 Å². The molecule has 0 aliphatic heterocycles. The lowest BCUT2D eigenvalue weighted by molar-refractivity contribution is 0.0600. The van der Waals surface area contributed by atoms with Gasteiger partial charge >= 0.3 is 5.97 Å². The van der Waals surface area contributed by atoms with Gasteiger partial charge in [0.15, 0.2) is 11.6 Å². The highest BCUT2D eigenvalue weighted by Crippen LogP contribution is 2.37. The first-order valence-corrected chi connectivity index (χ1v) is 8.94. The van der Waals surface area contributed by atoms with Crippen LogP contribution in [0.3, 0.4) is 0 Å². The quantitative estimate of drug-likeness (QED) is 0.604. The van der Waals surface area contributed by atoms with Gasteiger partial charge in [-0.1, -0.05) is 42.5 Å². The van der Waals surface area contributed by atoms with Gasteiger partial charge in [-0.05, 0) is 35.4 Å². The highest BCUT2D eigenvalue weighted by molar-refractivity contribution is 5.89. The van der Waals surface area contributed by atoms with E-state index in [0.29, 0.717) is 11.1 Å². The molecule has 150 valence electrons. The summed E-state index contributed by atoms with van der Waals surface area (Å²) in [6.45, 7) is 0.216. The van der Waals surface area contributed by atoms with Crippen molar-refractivity contribution in [3.05, 3.63) is 94.8 Å². The number of hydrogen-bond acceptors (Lipinski definition) is 5. The lowest BCUT2D eigenvalue weighted by Gasteiger charge is -2.19. The highest BCUT2D eigenvalue weighted by Gasteiger charge is 2.24. The molecule has 0 spiro atoms. The maximum absolute atomic E-state index is 15.0. The summed E-state index contributed by atoms with van der Waals surface area (Å²) in [5, 5.41) is 10.9. The van der Waals surface area contributed by atoms with E-state index >= 15 is 4.39 Å². The second-order valence-corrected chi connectivity index (χ2v) is 6.28. The molecule has 3 aromatic rings. The molecule has 29 heavy (non-hydrogen) atoms. The molecule has 0 heterocycles. The smallest absolute Gasteiger partial charge is 0.337 e. The number of carbonyl (C=O) groups excluding carboxylic acids is 1. The van der Waals surface area contributed by atoms with Crippen LogP contribution in [-0.2, 0) is 11.3 Å². The van der Waals surface area contributed by atoms with E-state index in [9.17, 15) is 9.90 Å². The molecule has 6 heteroatoms. The number of ether oxygens (including phenoxy) is 3. The molecule has 5 nitrogen and oxygen atoms in total. The van der Waals surface area contributed by atoms with E-state index < -0.39 is 17.9 Å². The van der Waals surface area contributed by atoms with Crippen LogP contribution < -0.4 is 9.47 Å². The van der Waals surface area contributed by atoms with E-state index in [1.807, 2.05) is 30.3 Å². The summed E-state index contributed by atoms with van der Waals surface area (Å²) in [4.78, 5) is 11.6.